The minimum absolute atomic E-state index is 0.00998. The summed E-state index contributed by atoms with van der Waals surface area (Å²) in [6.07, 6.45) is 7.83. The topological polar surface area (TPSA) is 53.4 Å². The maximum atomic E-state index is 12.5. The van der Waals surface area contributed by atoms with Crippen molar-refractivity contribution in [2.24, 2.45) is 0 Å². The van der Waals surface area contributed by atoms with E-state index >= 15 is 0 Å². The number of benzene rings is 1. The molecule has 0 aliphatic carbocycles. The van der Waals surface area contributed by atoms with E-state index in [0.29, 0.717) is 5.56 Å². The molecule has 0 bridgehead atoms. The molecule has 0 radical (unpaired) electrons. The summed E-state index contributed by atoms with van der Waals surface area (Å²) in [5, 5.41) is 3.97. The maximum absolute atomic E-state index is 12.5. The Kier molecular flexibility index (Phi) is 7.94. The van der Waals surface area contributed by atoms with Crippen LogP contribution in [0.2, 0.25) is 0 Å². The van der Waals surface area contributed by atoms with Crippen molar-refractivity contribution in [2.45, 2.75) is 24.9 Å². The number of nitrogens with one attached hydrogen (secondary N) is 1. The van der Waals surface area contributed by atoms with Gasteiger partial charge in [-0.25, -0.2) is 4.98 Å². The highest BCUT2D eigenvalue weighted by molar-refractivity contribution is 7.98. The number of thioether (sulfide) groups is 1. The second-order valence-electron chi connectivity index (χ2n) is 7.07. The molecule has 0 saturated carbocycles. The first-order valence-electron chi connectivity index (χ1n) is 10.1. The minimum atomic E-state index is -0.00998. The molecule has 1 amide bonds. The summed E-state index contributed by atoms with van der Waals surface area (Å²) in [6.45, 7) is 9.92. The Balaban J connectivity index is 1.41. The number of amides is 1. The number of nitrogens with zero attached hydrogens (tertiary/aromatic N) is 4. The molecule has 1 aliphatic heterocycles. The van der Waals surface area contributed by atoms with Crippen LogP contribution in [0.25, 0.3) is 5.69 Å². The molecule has 2 heterocycles. The summed E-state index contributed by atoms with van der Waals surface area (Å²) in [5.74, 6) is -0.00998. The lowest BCUT2D eigenvalue weighted by atomic mass is 10.2. The van der Waals surface area contributed by atoms with Crippen molar-refractivity contribution < 1.29 is 4.79 Å². The van der Waals surface area contributed by atoms with Gasteiger partial charge in [-0.15, -0.1) is 0 Å². The van der Waals surface area contributed by atoms with Gasteiger partial charge in [-0.3, -0.25) is 9.36 Å². The Labute approximate surface area is 172 Å². The highest BCUT2D eigenvalue weighted by Crippen LogP contribution is 2.19. The molecule has 1 fully saturated rings. The molecular formula is C21H31N5OS. The second kappa shape index (κ2) is 10.6. The number of likely N-dealkylation sites (N-methyl/N-ethyl adjacent to an activating group) is 1. The van der Waals surface area contributed by atoms with E-state index in [1.807, 2.05) is 41.3 Å². The number of carbonyl (C=O) groups is 1. The molecule has 6 nitrogen and oxygen atoms in total. The standard InChI is InChI=1S/C21H31N5OS/c1-3-24-13-15-25(16-14-24)11-5-4-9-22-20(27)18-7-6-8-19(17-18)26-12-10-23-21(26)28-2/h6-8,10,12,17H,3-5,9,11,13-16H2,1-2H3,(H,22,27). The van der Waals surface area contributed by atoms with Gasteiger partial charge in [0.25, 0.3) is 5.91 Å². The van der Waals surface area contributed by atoms with Crippen LogP contribution < -0.4 is 5.32 Å². The summed E-state index contributed by atoms with van der Waals surface area (Å²) in [4.78, 5) is 21.9. The zero-order valence-corrected chi connectivity index (χ0v) is 17.7. The van der Waals surface area contributed by atoms with Crippen molar-refractivity contribution in [3.8, 4) is 5.69 Å². The lowest BCUT2D eigenvalue weighted by Gasteiger charge is -2.33. The molecule has 7 heteroatoms. The van der Waals surface area contributed by atoms with Crippen molar-refractivity contribution in [3.05, 3.63) is 42.2 Å². The SMILES string of the molecule is CCN1CCN(CCCCNC(=O)c2cccc(-n3ccnc3SC)c2)CC1. The molecule has 0 unspecified atom stereocenters. The van der Waals surface area contributed by atoms with E-state index in [-0.39, 0.29) is 5.91 Å². The van der Waals surface area contributed by atoms with Gasteiger partial charge in [0, 0.05) is 56.4 Å². The molecule has 2 aromatic rings. The van der Waals surface area contributed by atoms with Crippen molar-refractivity contribution >= 4 is 17.7 Å². The molecule has 1 aromatic carbocycles. The van der Waals surface area contributed by atoms with Gasteiger partial charge in [-0.05, 0) is 50.4 Å². The van der Waals surface area contributed by atoms with Gasteiger partial charge >= 0.3 is 0 Å². The number of hydrogen-bond donors (Lipinski definition) is 1. The Morgan fingerprint density at radius 3 is 2.71 bits per heavy atom. The predicted octanol–water partition coefficient (Wildman–Crippen LogP) is 2.74. The van der Waals surface area contributed by atoms with Gasteiger partial charge in [0.15, 0.2) is 5.16 Å². The number of piperazine rings is 1. The molecule has 152 valence electrons. The predicted molar refractivity (Wildman–Crippen MR) is 115 cm³/mol. The van der Waals surface area contributed by atoms with Gasteiger partial charge in [0.05, 0.1) is 0 Å². The molecule has 1 aromatic heterocycles. The Morgan fingerprint density at radius 2 is 1.96 bits per heavy atom. The van der Waals surface area contributed by atoms with Crippen LogP contribution >= 0.6 is 11.8 Å². The summed E-state index contributed by atoms with van der Waals surface area (Å²) >= 11 is 1.59. The van der Waals surface area contributed by atoms with Crippen LogP contribution in [-0.4, -0.2) is 77.3 Å². The monoisotopic (exact) mass is 401 g/mol. The largest absolute Gasteiger partial charge is 0.352 e. The molecule has 28 heavy (non-hydrogen) atoms. The van der Waals surface area contributed by atoms with Crippen LogP contribution in [-0.2, 0) is 0 Å². The third kappa shape index (κ3) is 5.59. The van der Waals surface area contributed by atoms with E-state index in [0.717, 1.165) is 43.3 Å². The second-order valence-corrected chi connectivity index (χ2v) is 7.85. The Bertz CT molecular complexity index is 755. The maximum Gasteiger partial charge on any atom is 0.251 e. The van der Waals surface area contributed by atoms with Gasteiger partial charge in [0.2, 0.25) is 0 Å². The lowest BCUT2D eigenvalue weighted by Crippen LogP contribution is -2.46. The number of imidazole rings is 1. The van der Waals surface area contributed by atoms with E-state index in [1.165, 1.54) is 26.2 Å². The molecule has 1 N–H and O–H groups in total. The van der Waals surface area contributed by atoms with Crippen LogP contribution in [0.1, 0.15) is 30.1 Å². The average Bonchev–Trinajstić information content (AvgIpc) is 3.23. The zero-order chi connectivity index (χ0) is 19.8. The number of rotatable bonds is 9. The van der Waals surface area contributed by atoms with Crippen molar-refractivity contribution in [3.63, 3.8) is 0 Å². The number of unbranched alkanes of at least 4 members (excludes halogenated alkanes) is 1. The first-order valence-corrected chi connectivity index (χ1v) is 11.3. The Morgan fingerprint density at radius 1 is 1.18 bits per heavy atom. The van der Waals surface area contributed by atoms with E-state index in [1.54, 1.807) is 18.0 Å². The number of hydrogen-bond acceptors (Lipinski definition) is 5. The van der Waals surface area contributed by atoms with Crippen molar-refractivity contribution in [1.82, 2.24) is 24.7 Å². The van der Waals surface area contributed by atoms with Gasteiger partial charge < -0.3 is 15.1 Å². The minimum Gasteiger partial charge on any atom is -0.352 e. The summed E-state index contributed by atoms with van der Waals surface area (Å²) in [5.41, 5.74) is 1.65. The third-order valence-electron chi connectivity index (χ3n) is 5.27. The molecular weight excluding hydrogens is 370 g/mol. The fraction of sp³-hybridized carbons (Fsp3) is 0.524. The third-order valence-corrected chi connectivity index (χ3v) is 5.94. The first-order chi connectivity index (χ1) is 13.7. The van der Waals surface area contributed by atoms with Crippen LogP contribution in [0.5, 0.6) is 0 Å². The zero-order valence-electron chi connectivity index (χ0n) is 16.9. The van der Waals surface area contributed by atoms with Crippen molar-refractivity contribution in [1.29, 1.82) is 0 Å². The molecule has 0 atom stereocenters. The van der Waals surface area contributed by atoms with Crippen LogP contribution in [0.4, 0.5) is 0 Å². The molecule has 1 saturated heterocycles. The van der Waals surface area contributed by atoms with E-state index in [9.17, 15) is 4.79 Å². The molecule has 0 spiro atoms. The van der Waals surface area contributed by atoms with E-state index < -0.39 is 0 Å². The van der Waals surface area contributed by atoms with Gasteiger partial charge in [0.1, 0.15) is 0 Å². The lowest BCUT2D eigenvalue weighted by molar-refractivity contribution is 0.0951. The summed E-state index contributed by atoms with van der Waals surface area (Å²) < 4.78 is 2.00. The highest BCUT2D eigenvalue weighted by Gasteiger charge is 2.14. The summed E-state index contributed by atoms with van der Waals surface area (Å²) in [7, 11) is 0. The fourth-order valence-corrected chi connectivity index (χ4v) is 4.06. The fourth-order valence-electron chi connectivity index (χ4n) is 3.53. The smallest absolute Gasteiger partial charge is 0.251 e. The van der Waals surface area contributed by atoms with Gasteiger partial charge in [-0.1, -0.05) is 24.8 Å². The van der Waals surface area contributed by atoms with E-state index in [2.05, 4.69) is 27.0 Å². The van der Waals surface area contributed by atoms with Gasteiger partial charge in [-0.2, -0.15) is 0 Å². The Hall–Kier alpha value is -1.83. The highest BCUT2D eigenvalue weighted by atomic mass is 32.2. The van der Waals surface area contributed by atoms with Crippen LogP contribution in [0, 0.1) is 0 Å². The average molecular weight is 402 g/mol. The molecule has 1 aliphatic rings. The quantitative estimate of drug-likeness (QED) is 0.517. The first kappa shape index (κ1) is 20.9. The van der Waals surface area contributed by atoms with E-state index in [4.69, 9.17) is 0 Å². The van der Waals surface area contributed by atoms with Crippen molar-refractivity contribution in [2.75, 3.05) is 52.1 Å². The normalized spacial score (nSPS) is 15.6. The number of aromatic nitrogens is 2. The van der Waals surface area contributed by atoms with Crippen LogP contribution in [0.15, 0.2) is 41.8 Å². The van der Waals surface area contributed by atoms with Crippen LogP contribution in [0.3, 0.4) is 0 Å². The number of carbonyl (C=O) groups excluding carboxylic acids is 1. The summed E-state index contributed by atoms with van der Waals surface area (Å²) in [6, 6.07) is 7.70. The molecule has 3 rings (SSSR count).